The molecule has 13 heavy (non-hydrogen) atoms. The molecule has 0 atom stereocenters. The molecule has 2 nitrogen and oxygen atoms in total. The van der Waals surface area contributed by atoms with Gasteiger partial charge in [-0.05, 0) is 31.4 Å². The van der Waals surface area contributed by atoms with Gasteiger partial charge in [-0.15, -0.1) is 0 Å². The van der Waals surface area contributed by atoms with Gasteiger partial charge in [-0.1, -0.05) is 6.07 Å². The summed E-state index contributed by atoms with van der Waals surface area (Å²) in [7, 11) is 0. The molecular formula is C11H14N2. The van der Waals surface area contributed by atoms with Gasteiger partial charge in [0.2, 0.25) is 0 Å². The molecule has 1 aromatic carbocycles. The Labute approximate surface area is 78.3 Å². The van der Waals surface area contributed by atoms with Crippen LogP contribution in [0.2, 0.25) is 0 Å². The SMILES string of the molecule is Nc1cccc2c1CCN2C1CC1. The standard InChI is InChI=1S/C11H14N2/c12-10-2-1-3-11-9(10)6-7-13(11)8-4-5-8/h1-3,8H,4-7,12H2. The van der Waals surface area contributed by atoms with E-state index in [1.165, 1.54) is 30.6 Å². The van der Waals surface area contributed by atoms with Gasteiger partial charge in [0.25, 0.3) is 0 Å². The Morgan fingerprint density at radius 3 is 2.92 bits per heavy atom. The fraction of sp³-hybridized carbons (Fsp3) is 0.455. The summed E-state index contributed by atoms with van der Waals surface area (Å²) in [4.78, 5) is 2.52. The Bertz CT molecular complexity index is 342. The lowest BCUT2D eigenvalue weighted by Gasteiger charge is -2.18. The molecule has 0 spiro atoms. The maximum atomic E-state index is 5.93. The number of anilines is 2. The highest BCUT2D eigenvalue weighted by molar-refractivity contribution is 5.68. The molecule has 2 heteroatoms. The van der Waals surface area contributed by atoms with Crippen molar-refractivity contribution < 1.29 is 0 Å². The van der Waals surface area contributed by atoms with Gasteiger partial charge in [-0.25, -0.2) is 0 Å². The lowest BCUT2D eigenvalue weighted by Crippen LogP contribution is -2.22. The molecule has 1 fully saturated rings. The van der Waals surface area contributed by atoms with Gasteiger partial charge in [-0.2, -0.15) is 0 Å². The van der Waals surface area contributed by atoms with Crippen molar-refractivity contribution in [2.75, 3.05) is 17.2 Å². The van der Waals surface area contributed by atoms with Crippen LogP contribution < -0.4 is 10.6 Å². The maximum absolute atomic E-state index is 5.93. The number of nitrogens with zero attached hydrogens (tertiary/aromatic N) is 1. The fourth-order valence-corrected chi connectivity index (χ4v) is 2.25. The summed E-state index contributed by atoms with van der Waals surface area (Å²) in [5, 5.41) is 0. The zero-order chi connectivity index (χ0) is 8.84. The van der Waals surface area contributed by atoms with Crippen LogP contribution in [0.5, 0.6) is 0 Å². The molecule has 0 amide bonds. The highest BCUT2D eigenvalue weighted by atomic mass is 15.2. The van der Waals surface area contributed by atoms with Crippen molar-refractivity contribution in [1.29, 1.82) is 0 Å². The van der Waals surface area contributed by atoms with Crippen LogP contribution in [-0.2, 0) is 6.42 Å². The molecule has 0 radical (unpaired) electrons. The highest BCUT2D eigenvalue weighted by Crippen LogP contribution is 2.39. The van der Waals surface area contributed by atoms with Crippen molar-refractivity contribution in [3.8, 4) is 0 Å². The average Bonchev–Trinajstić information content (AvgIpc) is 2.87. The molecule has 1 heterocycles. The molecule has 1 saturated carbocycles. The van der Waals surface area contributed by atoms with E-state index in [9.17, 15) is 0 Å². The predicted molar refractivity (Wildman–Crippen MR) is 54.9 cm³/mol. The molecule has 0 saturated heterocycles. The lowest BCUT2D eigenvalue weighted by atomic mass is 10.1. The second kappa shape index (κ2) is 2.41. The van der Waals surface area contributed by atoms with Gasteiger partial charge in [-0.3, -0.25) is 0 Å². The smallest absolute Gasteiger partial charge is 0.0422 e. The maximum Gasteiger partial charge on any atom is 0.0422 e. The van der Waals surface area contributed by atoms with Crippen molar-refractivity contribution in [3.05, 3.63) is 23.8 Å². The number of fused-ring (bicyclic) bond motifs is 1. The van der Waals surface area contributed by atoms with Gasteiger partial charge in [0.1, 0.15) is 0 Å². The number of nitrogens with two attached hydrogens (primary N) is 1. The van der Waals surface area contributed by atoms with Crippen molar-refractivity contribution in [1.82, 2.24) is 0 Å². The Kier molecular flexibility index (Phi) is 1.34. The van der Waals surface area contributed by atoms with Crippen LogP contribution in [0.25, 0.3) is 0 Å². The predicted octanol–water partition coefficient (Wildman–Crippen LogP) is 1.79. The normalized spacial score (nSPS) is 20.5. The zero-order valence-electron chi connectivity index (χ0n) is 7.66. The van der Waals surface area contributed by atoms with Crippen molar-refractivity contribution in [3.63, 3.8) is 0 Å². The number of rotatable bonds is 1. The lowest BCUT2D eigenvalue weighted by molar-refractivity contribution is 0.831. The largest absolute Gasteiger partial charge is 0.398 e. The first-order chi connectivity index (χ1) is 6.36. The summed E-state index contributed by atoms with van der Waals surface area (Å²) < 4.78 is 0. The fourth-order valence-electron chi connectivity index (χ4n) is 2.25. The molecule has 0 unspecified atom stereocenters. The van der Waals surface area contributed by atoms with Crippen LogP contribution >= 0.6 is 0 Å². The molecule has 1 aromatic rings. The van der Waals surface area contributed by atoms with Crippen molar-refractivity contribution in [2.24, 2.45) is 0 Å². The van der Waals surface area contributed by atoms with Crippen LogP contribution in [0.4, 0.5) is 11.4 Å². The summed E-state index contributed by atoms with van der Waals surface area (Å²) in [5.41, 5.74) is 9.66. The molecule has 2 N–H and O–H groups in total. The topological polar surface area (TPSA) is 29.3 Å². The number of hydrogen-bond acceptors (Lipinski definition) is 2. The minimum atomic E-state index is 0.822. The second-order valence-corrected chi connectivity index (χ2v) is 4.02. The van der Waals surface area contributed by atoms with Gasteiger partial charge >= 0.3 is 0 Å². The first kappa shape index (κ1) is 7.25. The molecule has 1 aliphatic carbocycles. The van der Waals surface area contributed by atoms with E-state index in [-0.39, 0.29) is 0 Å². The highest BCUT2D eigenvalue weighted by Gasteiger charge is 2.33. The summed E-state index contributed by atoms with van der Waals surface area (Å²) in [6.07, 6.45) is 3.88. The van der Waals surface area contributed by atoms with E-state index in [4.69, 9.17) is 5.73 Å². The Hall–Kier alpha value is -1.18. The molecule has 2 aliphatic rings. The van der Waals surface area contributed by atoms with E-state index in [0.29, 0.717) is 0 Å². The third-order valence-corrected chi connectivity index (χ3v) is 3.09. The van der Waals surface area contributed by atoms with Crippen molar-refractivity contribution in [2.45, 2.75) is 25.3 Å². The molecular weight excluding hydrogens is 160 g/mol. The summed E-state index contributed by atoms with van der Waals surface area (Å²) in [6, 6.07) is 7.10. The summed E-state index contributed by atoms with van der Waals surface area (Å²) in [6.45, 7) is 1.17. The van der Waals surface area contributed by atoms with E-state index >= 15 is 0 Å². The molecule has 3 rings (SSSR count). The molecule has 68 valence electrons. The van der Waals surface area contributed by atoms with Crippen LogP contribution in [0.15, 0.2) is 18.2 Å². The third-order valence-electron chi connectivity index (χ3n) is 3.09. The van der Waals surface area contributed by atoms with Gasteiger partial charge in [0, 0.05) is 29.5 Å². The minimum Gasteiger partial charge on any atom is -0.398 e. The zero-order valence-corrected chi connectivity index (χ0v) is 7.66. The minimum absolute atomic E-state index is 0.822. The van der Waals surface area contributed by atoms with Gasteiger partial charge < -0.3 is 10.6 Å². The molecule has 0 bridgehead atoms. The van der Waals surface area contributed by atoms with Crippen LogP contribution in [0.1, 0.15) is 18.4 Å². The van der Waals surface area contributed by atoms with E-state index in [2.05, 4.69) is 17.0 Å². The van der Waals surface area contributed by atoms with Gasteiger partial charge in [0.15, 0.2) is 0 Å². The number of nitrogen functional groups attached to an aromatic ring is 1. The summed E-state index contributed by atoms with van der Waals surface area (Å²) in [5.74, 6) is 0. The quantitative estimate of drug-likeness (QED) is 0.658. The van der Waals surface area contributed by atoms with Crippen LogP contribution in [-0.4, -0.2) is 12.6 Å². The first-order valence-corrected chi connectivity index (χ1v) is 5.00. The third kappa shape index (κ3) is 1.01. The van der Waals surface area contributed by atoms with E-state index in [0.717, 1.165) is 18.2 Å². The average molecular weight is 174 g/mol. The second-order valence-electron chi connectivity index (χ2n) is 4.02. The Morgan fingerprint density at radius 1 is 1.31 bits per heavy atom. The van der Waals surface area contributed by atoms with E-state index < -0.39 is 0 Å². The molecule has 0 aromatic heterocycles. The Morgan fingerprint density at radius 2 is 2.15 bits per heavy atom. The van der Waals surface area contributed by atoms with E-state index in [1.54, 1.807) is 0 Å². The number of hydrogen-bond donors (Lipinski definition) is 1. The monoisotopic (exact) mass is 174 g/mol. The first-order valence-electron chi connectivity index (χ1n) is 5.00. The number of benzene rings is 1. The van der Waals surface area contributed by atoms with Crippen LogP contribution in [0.3, 0.4) is 0 Å². The van der Waals surface area contributed by atoms with Crippen molar-refractivity contribution >= 4 is 11.4 Å². The molecule has 1 aliphatic heterocycles. The van der Waals surface area contributed by atoms with E-state index in [1.807, 2.05) is 6.07 Å². The van der Waals surface area contributed by atoms with Gasteiger partial charge in [0.05, 0.1) is 0 Å². The summed E-state index contributed by atoms with van der Waals surface area (Å²) >= 11 is 0. The van der Waals surface area contributed by atoms with Crippen LogP contribution in [0, 0.1) is 0 Å². The Balaban J connectivity index is 2.05.